The molecule has 3 rings (SSSR count). The second-order valence-electron chi connectivity index (χ2n) is 5.45. The van der Waals surface area contributed by atoms with Crippen LogP contribution in [0.2, 0.25) is 0 Å². The normalized spacial score (nSPS) is 10.6. The molecule has 1 heterocycles. The van der Waals surface area contributed by atoms with Gasteiger partial charge in [-0.2, -0.15) is 0 Å². The third-order valence-electron chi connectivity index (χ3n) is 3.90. The van der Waals surface area contributed by atoms with Crippen LogP contribution < -0.4 is 15.7 Å². The van der Waals surface area contributed by atoms with E-state index in [1.54, 1.807) is 18.2 Å². The zero-order valence-electron chi connectivity index (χ0n) is 13.5. The molecule has 0 fully saturated rings. The highest BCUT2D eigenvalue weighted by Gasteiger charge is 2.14. The summed E-state index contributed by atoms with van der Waals surface area (Å²) in [7, 11) is 1.53. The molecule has 1 aromatic heterocycles. The minimum absolute atomic E-state index is 0.289. The molecule has 122 valence electrons. The highest BCUT2D eigenvalue weighted by atomic mass is 16.5. The molecule has 2 aromatic carbocycles. The van der Waals surface area contributed by atoms with Crippen LogP contribution in [-0.2, 0) is 6.54 Å². The lowest BCUT2D eigenvalue weighted by atomic mass is 10.1. The van der Waals surface area contributed by atoms with E-state index in [4.69, 9.17) is 9.15 Å². The van der Waals surface area contributed by atoms with Crippen molar-refractivity contribution in [2.24, 2.45) is 0 Å². The van der Waals surface area contributed by atoms with E-state index in [2.05, 4.69) is 5.32 Å². The standard InChI is InChI=1S/C19H17NO4/c1-12-5-3-4-6-13(12)11-20-19(22)16-10-18(21)24-17-9-14(23-2)7-8-15(16)17/h3-10H,11H2,1-2H3,(H,20,22). The van der Waals surface area contributed by atoms with Crippen LogP contribution in [0.15, 0.2) is 57.7 Å². The fourth-order valence-electron chi connectivity index (χ4n) is 2.54. The van der Waals surface area contributed by atoms with Crippen molar-refractivity contribution in [1.82, 2.24) is 5.32 Å². The fourth-order valence-corrected chi connectivity index (χ4v) is 2.54. The van der Waals surface area contributed by atoms with E-state index in [0.29, 0.717) is 23.3 Å². The molecule has 24 heavy (non-hydrogen) atoms. The molecule has 0 unspecified atom stereocenters. The first-order chi connectivity index (χ1) is 11.6. The smallest absolute Gasteiger partial charge is 0.337 e. The fraction of sp³-hybridized carbons (Fsp3) is 0.158. The van der Waals surface area contributed by atoms with Gasteiger partial charge in [0.2, 0.25) is 0 Å². The Kier molecular flexibility index (Phi) is 4.33. The van der Waals surface area contributed by atoms with E-state index in [1.807, 2.05) is 31.2 Å². The number of ether oxygens (including phenoxy) is 1. The van der Waals surface area contributed by atoms with E-state index in [0.717, 1.165) is 11.1 Å². The van der Waals surface area contributed by atoms with Gasteiger partial charge in [0.25, 0.3) is 5.91 Å². The summed E-state index contributed by atoms with van der Waals surface area (Å²) in [4.78, 5) is 24.3. The second-order valence-corrected chi connectivity index (χ2v) is 5.45. The summed E-state index contributed by atoms with van der Waals surface area (Å²) in [6.45, 7) is 2.38. The number of carbonyl (C=O) groups is 1. The average Bonchev–Trinajstić information content (AvgIpc) is 2.59. The van der Waals surface area contributed by atoms with Gasteiger partial charge in [0, 0.05) is 24.1 Å². The Morgan fingerprint density at radius 3 is 2.71 bits per heavy atom. The van der Waals surface area contributed by atoms with E-state index < -0.39 is 5.63 Å². The van der Waals surface area contributed by atoms with Gasteiger partial charge in [-0.15, -0.1) is 0 Å². The predicted molar refractivity (Wildman–Crippen MR) is 91.4 cm³/mol. The number of fused-ring (bicyclic) bond motifs is 1. The van der Waals surface area contributed by atoms with Gasteiger partial charge in [0.05, 0.1) is 12.7 Å². The van der Waals surface area contributed by atoms with Gasteiger partial charge in [-0.3, -0.25) is 4.79 Å². The molecular formula is C19H17NO4. The Labute approximate surface area is 138 Å². The third kappa shape index (κ3) is 3.15. The van der Waals surface area contributed by atoms with Crippen LogP contribution in [0.1, 0.15) is 21.5 Å². The molecule has 3 aromatic rings. The maximum atomic E-state index is 12.5. The van der Waals surface area contributed by atoms with Crippen LogP contribution in [0.3, 0.4) is 0 Å². The van der Waals surface area contributed by atoms with Gasteiger partial charge in [-0.1, -0.05) is 24.3 Å². The number of methoxy groups -OCH3 is 1. The Balaban J connectivity index is 1.92. The van der Waals surface area contributed by atoms with Crippen molar-refractivity contribution in [2.45, 2.75) is 13.5 Å². The van der Waals surface area contributed by atoms with Gasteiger partial charge in [0.15, 0.2) is 0 Å². The molecule has 0 aliphatic heterocycles. The first-order valence-corrected chi connectivity index (χ1v) is 7.53. The number of hydrogen-bond donors (Lipinski definition) is 1. The van der Waals surface area contributed by atoms with Crippen molar-refractivity contribution < 1.29 is 13.9 Å². The molecule has 0 saturated carbocycles. The number of rotatable bonds is 4. The molecule has 1 N–H and O–H groups in total. The molecule has 0 aliphatic rings. The van der Waals surface area contributed by atoms with Gasteiger partial charge in [-0.25, -0.2) is 4.79 Å². The SMILES string of the molecule is COc1ccc2c(C(=O)NCc3ccccc3C)cc(=O)oc2c1. The number of nitrogens with one attached hydrogen (secondary N) is 1. The quantitative estimate of drug-likeness (QED) is 0.749. The summed E-state index contributed by atoms with van der Waals surface area (Å²) >= 11 is 0. The van der Waals surface area contributed by atoms with E-state index in [9.17, 15) is 9.59 Å². The van der Waals surface area contributed by atoms with E-state index in [-0.39, 0.29) is 11.5 Å². The summed E-state index contributed by atoms with van der Waals surface area (Å²) in [6, 6.07) is 14.0. The number of benzene rings is 2. The van der Waals surface area contributed by atoms with Crippen molar-refractivity contribution in [3.63, 3.8) is 0 Å². The van der Waals surface area contributed by atoms with Gasteiger partial charge >= 0.3 is 5.63 Å². The Hall–Kier alpha value is -3.08. The van der Waals surface area contributed by atoms with Crippen molar-refractivity contribution in [1.29, 1.82) is 0 Å². The van der Waals surface area contributed by atoms with Crippen LogP contribution in [-0.4, -0.2) is 13.0 Å². The minimum atomic E-state index is -0.572. The van der Waals surface area contributed by atoms with Gasteiger partial charge in [0.1, 0.15) is 11.3 Å². The monoisotopic (exact) mass is 323 g/mol. The zero-order valence-corrected chi connectivity index (χ0v) is 13.5. The molecule has 0 aliphatic carbocycles. The number of aryl methyl sites for hydroxylation is 1. The lowest BCUT2D eigenvalue weighted by Gasteiger charge is -2.09. The first kappa shape index (κ1) is 15.8. The van der Waals surface area contributed by atoms with Gasteiger partial charge in [-0.05, 0) is 30.2 Å². The summed E-state index contributed by atoms with van der Waals surface area (Å²) < 4.78 is 10.3. The highest BCUT2D eigenvalue weighted by Crippen LogP contribution is 2.22. The second kappa shape index (κ2) is 6.58. The molecule has 0 atom stereocenters. The third-order valence-corrected chi connectivity index (χ3v) is 3.90. The maximum absolute atomic E-state index is 12.5. The number of carbonyl (C=O) groups excluding carboxylic acids is 1. The van der Waals surface area contributed by atoms with Crippen molar-refractivity contribution in [3.8, 4) is 5.75 Å². The maximum Gasteiger partial charge on any atom is 0.337 e. The van der Waals surface area contributed by atoms with Crippen LogP contribution in [0.5, 0.6) is 5.75 Å². The number of hydrogen-bond acceptors (Lipinski definition) is 4. The van der Waals surface area contributed by atoms with Crippen molar-refractivity contribution in [3.05, 3.63) is 75.6 Å². The Bertz CT molecular complexity index is 959. The van der Waals surface area contributed by atoms with Crippen molar-refractivity contribution in [2.75, 3.05) is 7.11 Å². The zero-order chi connectivity index (χ0) is 17.1. The highest BCUT2D eigenvalue weighted by molar-refractivity contribution is 6.05. The Morgan fingerprint density at radius 1 is 1.17 bits per heavy atom. The molecule has 1 amide bonds. The minimum Gasteiger partial charge on any atom is -0.497 e. The first-order valence-electron chi connectivity index (χ1n) is 7.53. The number of amides is 1. The topological polar surface area (TPSA) is 68.5 Å². The summed E-state index contributed by atoms with van der Waals surface area (Å²) in [5.41, 5.74) is 2.16. The van der Waals surface area contributed by atoms with Crippen molar-refractivity contribution >= 4 is 16.9 Å². The van der Waals surface area contributed by atoms with Gasteiger partial charge < -0.3 is 14.5 Å². The van der Waals surface area contributed by atoms with E-state index >= 15 is 0 Å². The van der Waals surface area contributed by atoms with Crippen LogP contribution in [0.25, 0.3) is 11.0 Å². The average molecular weight is 323 g/mol. The molecule has 0 saturated heterocycles. The molecule has 0 spiro atoms. The summed E-state index contributed by atoms with van der Waals surface area (Å²) in [6.07, 6.45) is 0. The predicted octanol–water partition coefficient (Wildman–Crippen LogP) is 3.04. The van der Waals surface area contributed by atoms with E-state index in [1.165, 1.54) is 13.2 Å². The largest absolute Gasteiger partial charge is 0.497 e. The summed E-state index contributed by atoms with van der Waals surface area (Å²) in [5.74, 6) is 0.240. The molecule has 5 heteroatoms. The Morgan fingerprint density at radius 2 is 1.96 bits per heavy atom. The lowest BCUT2D eigenvalue weighted by Crippen LogP contribution is -2.24. The van der Waals surface area contributed by atoms with Crippen LogP contribution in [0.4, 0.5) is 0 Å². The molecule has 0 radical (unpaired) electrons. The molecular weight excluding hydrogens is 306 g/mol. The lowest BCUT2D eigenvalue weighted by molar-refractivity contribution is 0.0952. The van der Waals surface area contributed by atoms with Crippen LogP contribution >= 0.6 is 0 Å². The molecule has 5 nitrogen and oxygen atoms in total. The molecule has 0 bridgehead atoms. The van der Waals surface area contributed by atoms with Crippen LogP contribution in [0, 0.1) is 6.92 Å². The summed E-state index contributed by atoms with van der Waals surface area (Å²) in [5, 5.41) is 3.42.